The zero-order valence-electron chi connectivity index (χ0n) is 15.6. The lowest BCUT2D eigenvalue weighted by Crippen LogP contribution is -2.48. The first-order valence-electron chi connectivity index (χ1n) is 8.65. The van der Waals surface area contributed by atoms with E-state index in [1.54, 1.807) is 25.1 Å². The van der Waals surface area contributed by atoms with Gasteiger partial charge in [0.1, 0.15) is 17.1 Å². The van der Waals surface area contributed by atoms with Gasteiger partial charge < -0.3 is 14.5 Å². The smallest absolute Gasteiger partial charge is 0.336 e. The average Bonchev–Trinajstić information content (AvgIpc) is 2.67. The van der Waals surface area contributed by atoms with E-state index >= 15 is 0 Å². The first kappa shape index (κ1) is 20.3. The highest BCUT2D eigenvalue weighted by atomic mass is 32.1. The van der Waals surface area contributed by atoms with Gasteiger partial charge in [-0.2, -0.15) is 0 Å². The van der Waals surface area contributed by atoms with Crippen molar-refractivity contribution in [1.82, 2.24) is 10.9 Å². The van der Waals surface area contributed by atoms with Gasteiger partial charge in [-0.3, -0.25) is 15.6 Å². The molecule has 1 atom stereocenters. The quantitative estimate of drug-likeness (QED) is 0.343. The number of benzene rings is 2. The number of fused-ring (bicyclic) bond motifs is 1. The molecule has 0 spiro atoms. The Balaban J connectivity index is 1.55. The molecule has 7 nitrogen and oxygen atoms in total. The van der Waals surface area contributed by atoms with Gasteiger partial charge in [-0.25, -0.2) is 9.18 Å². The van der Waals surface area contributed by atoms with Crippen LogP contribution in [0.3, 0.4) is 0 Å². The van der Waals surface area contributed by atoms with Crippen molar-refractivity contribution in [2.24, 2.45) is 0 Å². The molecule has 0 bridgehead atoms. The van der Waals surface area contributed by atoms with E-state index < -0.39 is 23.5 Å². The van der Waals surface area contributed by atoms with Gasteiger partial charge in [0.15, 0.2) is 11.2 Å². The summed E-state index contributed by atoms with van der Waals surface area (Å²) in [6, 6.07) is 12.0. The monoisotopic (exact) mass is 415 g/mol. The van der Waals surface area contributed by atoms with Gasteiger partial charge in [0, 0.05) is 23.2 Å². The maximum absolute atomic E-state index is 12.9. The van der Waals surface area contributed by atoms with E-state index in [1.165, 1.54) is 30.3 Å². The summed E-state index contributed by atoms with van der Waals surface area (Å²) in [6.07, 6.45) is -0.839. The Morgan fingerprint density at radius 3 is 2.59 bits per heavy atom. The van der Waals surface area contributed by atoms with Gasteiger partial charge in [0.2, 0.25) is 0 Å². The van der Waals surface area contributed by atoms with Crippen molar-refractivity contribution in [1.29, 1.82) is 0 Å². The van der Waals surface area contributed by atoms with E-state index in [0.717, 1.165) is 10.9 Å². The third-order valence-corrected chi connectivity index (χ3v) is 4.21. The highest BCUT2D eigenvalue weighted by Gasteiger charge is 2.15. The molecule has 1 amide bonds. The Kier molecular flexibility index (Phi) is 6.08. The standard InChI is InChI=1S/C20H18FN3O4S/c1-11-9-18(25)28-17-10-14(5-8-16(11)17)22-20(29)24-23-19(26)12(2)27-15-6-3-13(21)4-7-15/h3-10,12H,1-2H3,(H,23,26)(H2,22,24,29)/t12-/m0/s1. The van der Waals surface area contributed by atoms with Crippen molar-refractivity contribution >= 4 is 39.9 Å². The van der Waals surface area contributed by atoms with Crippen LogP contribution in [0.2, 0.25) is 0 Å². The van der Waals surface area contributed by atoms with Gasteiger partial charge in [-0.05, 0) is 68.0 Å². The number of carbonyl (C=O) groups is 1. The first-order chi connectivity index (χ1) is 13.8. The SMILES string of the molecule is Cc1cc(=O)oc2cc(NC(=S)NNC(=O)[C@H](C)Oc3ccc(F)cc3)ccc12. The van der Waals surface area contributed by atoms with E-state index in [1.807, 2.05) is 6.92 Å². The number of nitrogens with one attached hydrogen (secondary N) is 3. The number of ether oxygens (including phenoxy) is 1. The number of hydrogen-bond donors (Lipinski definition) is 3. The molecule has 0 aliphatic rings. The van der Waals surface area contributed by atoms with Crippen LogP contribution >= 0.6 is 12.2 Å². The topological polar surface area (TPSA) is 92.6 Å². The van der Waals surface area contributed by atoms with Crippen molar-refractivity contribution in [3.8, 4) is 5.75 Å². The normalized spacial score (nSPS) is 11.6. The summed E-state index contributed by atoms with van der Waals surface area (Å²) in [5.74, 6) is -0.503. The molecule has 0 aliphatic heterocycles. The Hall–Kier alpha value is -3.46. The minimum Gasteiger partial charge on any atom is -0.481 e. The summed E-state index contributed by atoms with van der Waals surface area (Å²) in [4.78, 5) is 23.6. The zero-order chi connectivity index (χ0) is 21.0. The Morgan fingerprint density at radius 1 is 1.14 bits per heavy atom. The van der Waals surface area contributed by atoms with Gasteiger partial charge >= 0.3 is 5.63 Å². The predicted octanol–water partition coefficient (Wildman–Crippen LogP) is 3.03. The second kappa shape index (κ2) is 8.70. The average molecular weight is 415 g/mol. The van der Waals surface area contributed by atoms with Crippen molar-refractivity contribution in [3.63, 3.8) is 0 Å². The molecule has 0 aliphatic carbocycles. The third kappa shape index (κ3) is 5.29. The van der Waals surface area contributed by atoms with Crippen LogP contribution in [-0.2, 0) is 4.79 Å². The van der Waals surface area contributed by atoms with Crippen LogP contribution in [0.5, 0.6) is 5.75 Å². The molecule has 2 aromatic carbocycles. The van der Waals surface area contributed by atoms with E-state index in [4.69, 9.17) is 21.4 Å². The van der Waals surface area contributed by atoms with E-state index in [9.17, 15) is 14.0 Å². The third-order valence-electron chi connectivity index (χ3n) is 4.00. The molecule has 0 unspecified atom stereocenters. The number of halogens is 1. The fourth-order valence-electron chi connectivity index (χ4n) is 2.56. The molecule has 3 aromatic rings. The molecule has 1 aromatic heterocycles. The van der Waals surface area contributed by atoms with Crippen LogP contribution in [0, 0.1) is 12.7 Å². The van der Waals surface area contributed by atoms with Crippen LogP contribution in [0.25, 0.3) is 11.0 Å². The van der Waals surface area contributed by atoms with Crippen LogP contribution in [-0.4, -0.2) is 17.1 Å². The minimum atomic E-state index is -0.839. The Morgan fingerprint density at radius 2 is 1.86 bits per heavy atom. The van der Waals surface area contributed by atoms with Crippen molar-refractivity contribution < 1.29 is 18.3 Å². The number of aryl methyl sites for hydroxylation is 1. The second-order valence-corrected chi connectivity index (χ2v) is 6.65. The molecule has 3 rings (SSSR count). The maximum atomic E-state index is 12.9. The molecule has 9 heteroatoms. The van der Waals surface area contributed by atoms with E-state index in [0.29, 0.717) is 17.0 Å². The summed E-state index contributed by atoms with van der Waals surface area (Å²) in [5, 5.41) is 3.82. The number of anilines is 1. The lowest BCUT2D eigenvalue weighted by atomic mass is 10.1. The maximum Gasteiger partial charge on any atom is 0.336 e. The van der Waals surface area contributed by atoms with E-state index in [-0.39, 0.29) is 5.11 Å². The minimum absolute atomic E-state index is 0.127. The van der Waals surface area contributed by atoms with Crippen molar-refractivity contribution in [3.05, 3.63) is 70.3 Å². The lowest BCUT2D eigenvalue weighted by molar-refractivity contribution is -0.127. The molecule has 0 saturated carbocycles. The number of carbonyl (C=O) groups excluding carboxylic acids is 1. The van der Waals surface area contributed by atoms with Crippen LogP contribution in [0.1, 0.15) is 12.5 Å². The summed E-state index contributed by atoms with van der Waals surface area (Å²) < 4.78 is 23.5. The summed E-state index contributed by atoms with van der Waals surface area (Å²) in [7, 11) is 0. The Bertz CT molecular complexity index is 1110. The second-order valence-electron chi connectivity index (χ2n) is 6.24. The molecule has 0 fully saturated rings. The number of hydrogen-bond acceptors (Lipinski definition) is 5. The van der Waals surface area contributed by atoms with Crippen LogP contribution < -0.4 is 26.5 Å². The number of rotatable bonds is 4. The van der Waals surface area contributed by atoms with Gasteiger partial charge in [-0.15, -0.1) is 0 Å². The molecule has 0 saturated heterocycles. The fraction of sp³-hybridized carbons (Fsp3) is 0.150. The van der Waals surface area contributed by atoms with Gasteiger partial charge in [0.25, 0.3) is 5.91 Å². The molecule has 29 heavy (non-hydrogen) atoms. The highest BCUT2D eigenvalue weighted by Crippen LogP contribution is 2.20. The zero-order valence-corrected chi connectivity index (χ0v) is 16.4. The van der Waals surface area contributed by atoms with Crippen LogP contribution in [0.15, 0.2) is 57.7 Å². The molecule has 0 radical (unpaired) electrons. The lowest BCUT2D eigenvalue weighted by Gasteiger charge is -2.16. The fourth-order valence-corrected chi connectivity index (χ4v) is 2.72. The molecule has 150 valence electrons. The molecule has 3 N–H and O–H groups in total. The van der Waals surface area contributed by atoms with Crippen LogP contribution in [0.4, 0.5) is 10.1 Å². The largest absolute Gasteiger partial charge is 0.481 e. The molecular weight excluding hydrogens is 397 g/mol. The van der Waals surface area contributed by atoms with Crippen molar-refractivity contribution in [2.75, 3.05) is 5.32 Å². The van der Waals surface area contributed by atoms with Gasteiger partial charge in [0.05, 0.1) is 0 Å². The first-order valence-corrected chi connectivity index (χ1v) is 9.06. The molecular formula is C20H18FN3O4S. The molecule has 1 heterocycles. The van der Waals surface area contributed by atoms with E-state index in [2.05, 4.69) is 16.2 Å². The summed E-state index contributed by atoms with van der Waals surface area (Å²) >= 11 is 5.15. The number of amides is 1. The predicted molar refractivity (Wildman–Crippen MR) is 111 cm³/mol. The van der Waals surface area contributed by atoms with Crippen molar-refractivity contribution in [2.45, 2.75) is 20.0 Å². The Labute approximate surface area is 170 Å². The summed E-state index contributed by atoms with van der Waals surface area (Å²) in [6.45, 7) is 3.37. The number of hydrazine groups is 1. The summed E-state index contributed by atoms with van der Waals surface area (Å²) in [5.41, 5.74) is 6.37. The number of thiocarbonyl (C=S) groups is 1. The van der Waals surface area contributed by atoms with Gasteiger partial charge in [-0.1, -0.05) is 0 Å². The highest BCUT2D eigenvalue weighted by molar-refractivity contribution is 7.80.